The average Bonchev–Trinajstić information content (AvgIpc) is 2.02. The van der Waals surface area contributed by atoms with E-state index < -0.39 is 0 Å². The van der Waals surface area contributed by atoms with Gasteiger partial charge in [0.2, 0.25) is 0 Å². The summed E-state index contributed by atoms with van der Waals surface area (Å²) in [6, 6.07) is 4.32. The van der Waals surface area contributed by atoms with E-state index in [9.17, 15) is 0 Å². The smallest absolute Gasteiger partial charge is 0.127 e. The Morgan fingerprint density at radius 3 is 2.46 bits per heavy atom. The second-order valence-corrected chi connectivity index (χ2v) is 3.97. The summed E-state index contributed by atoms with van der Waals surface area (Å²) >= 11 is 0. The molecule has 0 spiro atoms. The molecular formula is C11H16N2. The van der Waals surface area contributed by atoms with Crippen molar-refractivity contribution in [1.82, 2.24) is 4.98 Å². The Morgan fingerprint density at radius 1 is 1.31 bits per heavy atom. The molecule has 0 atom stereocenters. The van der Waals surface area contributed by atoms with Crippen LogP contribution in [0, 0.1) is 0 Å². The van der Waals surface area contributed by atoms with Crippen LogP contribution in [0.15, 0.2) is 18.3 Å². The average molecular weight is 176 g/mol. The Kier molecular flexibility index (Phi) is 2.21. The lowest BCUT2D eigenvalue weighted by Gasteiger charge is -2.25. The van der Waals surface area contributed by atoms with Gasteiger partial charge in [0.15, 0.2) is 0 Å². The predicted octanol–water partition coefficient (Wildman–Crippen LogP) is 2.42. The highest BCUT2D eigenvalue weighted by atomic mass is 15.1. The summed E-state index contributed by atoms with van der Waals surface area (Å²) in [5, 5.41) is 0. The van der Waals surface area contributed by atoms with Crippen molar-refractivity contribution in [3.8, 4) is 0 Å². The molecule has 1 aliphatic rings. The summed E-state index contributed by atoms with van der Waals surface area (Å²) in [6.45, 7) is 0. The topological polar surface area (TPSA) is 16.1 Å². The molecule has 0 saturated heterocycles. The fraction of sp³-hybridized carbons (Fsp3) is 0.545. The van der Waals surface area contributed by atoms with Crippen LogP contribution in [-0.4, -0.2) is 19.1 Å². The van der Waals surface area contributed by atoms with Gasteiger partial charge in [0, 0.05) is 20.3 Å². The highest BCUT2D eigenvalue weighted by Gasteiger charge is 2.19. The normalized spacial score (nSPS) is 16.8. The van der Waals surface area contributed by atoms with Gasteiger partial charge in [-0.15, -0.1) is 0 Å². The van der Waals surface area contributed by atoms with E-state index in [4.69, 9.17) is 0 Å². The lowest BCUT2D eigenvalue weighted by Crippen LogP contribution is -2.12. The second-order valence-electron chi connectivity index (χ2n) is 3.97. The summed E-state index contributed by atoms with van der Waals surface area (Å²) in [6.07, 6.45) is 6.12. The van der Waals surface area contributed by atoms with E-state index in [1.165, 1.54) is 24.8 Å². The Morgan fingerprint density at radius 2 is 2.08 bits per heavy atom. The van der Waals surface area contributed by atoms with Gasteiger partial charge in [0.25, 0.3) is 0 Å². The summed E-state index contributed by atoms with van der Waals surface area (Å²) in [4.78, 5) is 6.44. The number of pyridine rings is 1. The van der Waals surface area contributed by atoms with Crippen molar-refractivity contribution in [3.05, 3.63) is 23.9 Å². The van der Waals surface area contributed by atoms with Crippen molar-refractivity contribution < 1.29 is 0 Å². The van der Waals surface area contributed by atoms with Crippen molar-refractivity contribution in [1.29, 1.82) is 0 Å². The maximum atomic E-state index is 4.41. The van der Waals surface area contributed by atoms with E-state index in [-0.39, 0.29) is 0 Å². The Balaban J connectivity index is 2.13. The van der Waals surface area contributed by atoms with Crippen LogP contribution in [0.2, 0.25) is 0 Å². The molecule has 0 aliphatic heterocycles. The molecule has 2 heteroatoms. The van der Waals surface area contributed by atoms with E-state index in [0.717, 1.165) is 11.7 Å². The van der Waals surface area contributed by atoms with Crippen LogP contribution in [-0.2, 0) is 0 Å². The molecule has 1 fully saturated rings. The van der Waals surface area contributed by atoms with Crippen molar-refractivity contribution in [3.63, 3.8) is 0 Å². The van der Waals surface area contributed by atoms with Gasteiger partial charge in [-0.2, -0.15) is 0 Å². The molecule has 70 valence electrons. The van der Waals surface area contributed by atoms with Crippen LogP contribution in [0.4, 0.5) is 5.82 Å². The van der Waals surface area contributed by atoms with Gasteiger partial charge in [0.1, 0.15) is 5.82 Å². The monoisotopic (exact) mass is 176 g/mol. The molecule has 2 rings (SSSR count). The fourth-order valence-corrected chi connectivity index (χ4v) is 1.65. The standard InChI is InChI=1S/C11H16N2/c1-13(2)11-7-6-10(8-12-11)9-4-3-5-9/h6-9H,3-5H2,1-2H3. The van der Waals surface area contributed by atoms with E-state index in [1.807, 2.05) is 25.2 Å². The summed E-state index contributed by atoms with van der Waals surface area (Å²) < 4.78 is 0. The summed E-state index contributed by atoms with van der Waals surface area (Å²) in [5.41, 5.74) is 1.41. The van der Waals surface area contributed by atoms with Crippen molar-refractivity contribution in [2.75, 3.05) is 19.0 Å². The maximum Gasteiger partial charge on any atom is 0.127 e. The van der Waals surface area contributed by atoms with Crippen molar-refractivity contribution in [2.24, 2.45) is 0 Å². The molecule has 1 heterocycles. The fourth-order valence-electron chi connectivity index (χ4n) is 1.65. The third kappa shape index (κ3) is 1.67. The zero-order valence-corrected chi connectivity index (χ0v) is 8.33. The predicted molar refractivity (Wildman–Crippen MR) is 55.2 cm³/mol. The second kappa shape index (κ2) is 3.36. The van der Waals surface area contributed by atoms with Crippen LogP contribution in [0.25, 0.3) is 0 Å². The molecule has 13 heavy (non-hydrogen) atoms. The lowest BCUT2D eigenvalue weighted by atomic mass is 9.81. The molecule has 0 bridgehead atoms. The number of anilines is 1. The number of rotatable bonds is 2. The first-order valence-corrected chi connectivity index (χ1v) is 4.90. The summed E-state index contributed by atoms with van der Waals surface area (Å²) in [5.74, 6) is 1.84. The molecule has 1 aliphatic carbocycles. The Hall–Kier alpha value is -1.05. The highest BCUT2D eigenvalue weighted by molar-refractivity contribution is 5.38. The van der Waals surface area contributed by atoms with E-state index in [2.05, 4.69) is 17.1 Å². The van der Waals surface area contributed by atoms with Gasteiger partial charge >= 0.3 is 0 Å². The molecule has 0 amide bonds. The number of nitrogens with zero attached hydrogens (tertiary/aromatic N) is 2. The number of hydrogen-bond donors (Lipinski definition) is 0. The van der Waals surface area contributed by atoms with Crippen LogP contribution < -0.4 is 4.90 Å². The number of hydrogen-bond acceptors (Lipinski definition) is 2. The molecule has 1 aromatic heterocycles. The molecule has 0 radical (unpaired) electrons. The van der Waals surface area contributed by atoms with Crippen molar-refractivity contribution >= 4 is 5.82 Å². The zero-order chi connectivity index (χ0) is 9.26. The van der Waals surface area contributed by atoms with Gasteiger partial charge in [-0.25, -0.2) is 4.98 Å². The van der Waals surface area contributed by atoms with Gasteiger partial charge in [-0.05, 0) is 30.4 Å². The van der Waals surface area contributed by atoms with Gasteiger partial charge in [-0.3, -0.25) is 0 Å². The first kappa shape index (κ1) is 8.54. The molecule has 0 aromatic carbocycles. The number of aromatic nitrogens is 1. The first-order chi connectivity index (χ1) is 6.27. The van der Waals surface area contributed by atoms with Crippen LogP contribution in [0.1, 0.15) is 30.7 Å². The minimum atomic E-state index is 0.795. The zero-order valence-electron chi connectivity index (χ0n) is 8.33. The molecule has 1 aromatic rings. The first-order valence-electron chi connectivity index (χ1n) is 4.90. The van der Waals surface area contributed by atoms with Crippen LogP contribution in [0.5, 0.6) is 0 Å². The minimum Gasteiger partial charge on any atom is -0.363 e. The maximum absolute atomic E-state index is 4.41. The van der Waals surface area contributed by atoms with E-state index in [0.29, 0.717) is 0 Å². The quantitative estimate of drug-likeness (QED) is 0.688. The molecule has 0 N–H and O–H groups in total. The molecular weight excluding hydrogens is 160 g/mol. The molecule has 0 unspecified atom stereocenters. The third-order valence-corrected chi connectivity index (χ3v) is 2.81. The van der Waals surface area contributed by atoms with E-state index in [1.54, 1.807) is 0 Å². The summed E-state index contributed by atoms with van der Waals surface area (Å²) in [7, 11) is 4.04. The highest BCUT2D eigenvalue weighted by Crippen LogP contribution is 2.36. The van der Waals surface area contributed by atoms with Crippen LogP contribution in [0.3, 0.4) is 0 Å². The van der Waals surface area contributed by atoms with Gasteiger partial charge < -0.3 is 4.90 Å². The van der Waals surface area contributed by atoms with Crippen LogP contribution >= 0.6 is 0 Å². The largest absolute Gasteiger partial charge is 0.363 e. The molecule has 1 saturated carbocycles. The minimum absolute atomic E-state index is 0.795. The van der Waals surface area contributed by atoms with Crippen molar-refractivity contribution in [2.45, 2.75) is 25.2 Å². The van der Waals surface area contributed by atoms with Gasteiger partial charge in [0.05, 0.1) is 0 Å². The lowest BCUT2D eigenvalue weighted by molar-refractivity contribution is 0.419. The Labute approximate surface area is 79.6 Å². The van der Waals surface area contributed by atoms with Gasteiger partial charge in [-0.1, -0.05) is 12.5 Å². The SMILES string of the molecule is CN(C)c1ccc(C2CCC2)cn1. The van der Waals surface area contributed by atoms with E-state index >= 15 is 0 Å². The molecule has 2 nitrogen and oxygen atoms in total. The Bertz CT molecular complexity index is 273. The third-order valence-electron chi connectivity index (χ3n) is 2.81.